The summed E-state index contributed by atoms with van der Waals surface area (Å²) < 4.78 is 0. The topological polar surface area (TPSA) is 89.8 Å². The van der Waals surface area contributed by atoms with Gasteiger partial charge in [-0.1, -0.05) is 231 Å². The van der Waals surface area contributed by atoms with Crippen LogP contribution in [-0.2, 0) is 4.79 Å². The zero-order valence-electron chi connectivity index (χ0n) is 34.2. The molecule has 1 amide bonds. The molecule has 0 heterocycles. The van der Waals surface area contributed by atoms with Crippen LogP contribution in [0.4, 0.5) is 0 Å². The summed E-state index contributed by atoms with van der Waals surface area (Å²) in [6.07, 6.45) is 50.7. The van der Waals surface area contributed by atoms with Gasteiger partial charge in [-0.15, -0.1) is 0 Å². The summed E-state index contributed by atoms with van der Waals surface area (Å²) in [5, 5.41) is 33.1. The highest BCUT2D eigenvalue weighted by atomic mass is 16.3. The normalized spacial score (nSPS) is 13.7. The van der Waals surface area contributed by atoms with Crippen LogP contribution in [0.15, 0.2) is 24.3 Å². The second-order valence-electron chi connectivity index (χ2n) is 15.6. The van der Waals surface area contributed by atoms with Crippen LogP contribution in [0.3, 0.4) is 0 Å². The molecule has 5 heteroatoms. The molecule has 0 radical (unpaired) electrons. The van der Waals surface area contributed by atoms with Crippen LogP contribution in [0.5, 0.6) is 0 Å². The van der Waals surface area contributed by atoms with Gasteiger partial charge in [0.25, 0.3) is 0 Å². The van der Waals surface area contributed by atoms with Gasteiger partial charge in [0.1, 0.15) is 6.10 Å². The van der Waals surface area contributed by atoms with Gasteiger partial charge >= 0.3 is 0 Å². The summed E-state index contributed by atoms with van der Waals surface area (Å²) in [6, 6.07) is -0.810. The van der Waals surface area contributed by atoms with E-state index in [0.29, 0.717) is 6.42 Å². The molecule has 0 aliphatic carbocycles. The lowest BCUT2D eigenvalue weighted by Crippen LogP contribution is -2.48. The van der Waals surface area contributed by atoms with Crippen molar-refractivity contribution < 1.29 is 20.1 Å². The van der Waals surface area contributed by atoms with Crippen molar-refractivity contribution in [3.05, 3.63) is 24.3 Å². The maximum atomic E-state index is 12.5. The first-order valence-electron chi connectivity index (χ1n) is 22.7. The average Bonchev–Trinajstić information content (AvgIpc) is 3.13. The summed E-state index contributed by atoms with van der Waals surface area (Å²) >= 11 is 0. The van der Waals surface area contributed by atoms with Gasteiger partial charge < -0.3 is 20.6 Å². The van der Waals surface area contributed by atoms with Gasteiger partial charge in [0.2, 0.25) is 5.91 Å². The third kappa shape index (κ3) is 37.0. The number of allylic oxidation sites excluding steroid dienone is 3. The molecule has 5 nitrogen and oxygen atoms in total. The van der Waals surface area contributed by atoms with Crippen LogP contribution in [0.25, 0.3) is 0 Å². The molecule has 0 bridgehead atoms. The summed E-state index contributed by atoms with van der Waals surface area (Å²) in [4.78, 5) is 12.5. The van der Waals surface area contributed by atoms with Crippen molar-refractivity contribution in [2.24, 2.45) is 0 Å². The first-order chi connectivity index (χ1) is 25.1. The van der Waals surface area contributed by atoms with E-state index in [1.54, 1.807) is 6.08 Å². The summed E-state index contributed by atoms with van der Waals surface area (Å²) in [5.74, 6) is -0.510. The fourth-order valence-electron chi connectivity index (χ4n) is 6.97. The Bertz CT molecular complexity index is 754. The number of amides is 1. The van der Waals surface area contributed by atoms with Crippen molar-refractivity contribution in [3.63, 3.8) is 0 Å². The fourth-order valence-corrected chi connectivity index (χ4v) is 6.97. The van der Waals surface area contributed by atoms with Crippen molar-refractivity contribution in [1.29, 1.82) is 0 Å². The zero-order chi connectivity index (χ0) is 37.3. The van der Waals surface area contributed by atoms with E-state index in [0.717, 1.165) is 38.5 Å². The van der Waals surface area contributed by atoms with Crippen LogP contribution >= 0.6 is 0 Å². The predicted octanol–water partition coefficient (Wildman–Crippen LogP) is 13.0. The molecule has 0 aliphatic heterocycles. The molecule has 51 heavy (non-hydrogen) atoms. The summed E-state index contributed by atoms with van der Waals surface area (Å²) in [5.41, 5.74) is 0. The number of carbonyl (C=O) groups is 1. The van der Waals surface area contributed by atoms with E-state index in [1.807, 2.05) is 6.08 Å². The van der Waals surface area contributed by atoms with E-state index in [4.69, 9.17) is 0 Å². The van der Waals surface area contributed by atoms with E-state index in [9.17, 15) is 20.1 Å². The van der Waals surface area contributed by atoms with E-state index >= 15 is 0 Å². The molecular formula is C46H89NO4. The fraction of sp³-hybridized carbons (Fsp3) is 0.891. The minimum atomic E-state index is -1.10. The van der Waals surface area contributed by atoms with Crippen LogP contribution in [0, 0.1) is 0 Å². The molecular weight excluding hydrogens is 631 g/mol. The highest BCUT2D eigenvalue weighted by Crippen LogP contribution is 2.16. The number of nitrogens with one attached hydrogen (secondary N) is 1. The highest BCUT2D eigenvalue weighted by Gasteiger charge is 2.22. The Morgan fingerprint density at radius 3 is 1.20 bits per heavy atom. The van der Waals surface area contributed by atoms with E-state index < -0.39 is 24.2 Å². The number of hydrogen-bond acceptors (Lipinski definition) is 4. The van der Waals surface area contributed by atoms with Crippen LogP contribution in [0.2, 0.25) is 0 Å². The summed E-state index contributed by atoms with van der Waals surface area (Å²) in [7, 11) is 0. The van der Waals surface area contributed by atoms with Crippen molar-refractivity contribution >= 4 is 5.91 Å². The molecule has 0 rings (SSSR count). The molecule has 4 N–H and O–H groups in total. The third-order valence-electron chi connectivity index (χ3n) is 10.5. The molecule has 0 aromatic carbocycles. The third-order valence-corrected chi connectivity index (χ3v) is 10.5. The van der Waals surface area contributed by atoms with Gasteiger partial charge in [-0.2, -0.15) is 0 Å². The van der Waals surface area contributed by atoms with Gasteiger partial charge in [0.15, 0.2) is 0 Å². The Hall–Kier alpha value is -1.17. The minimum absolute atomic E-state index is 0.373. The largest absolute Gasteiger partial charge is 0.394 e. The smallest absolute Gasteiger partial charge is 0.249 e. The Kier molecular flexibility index (Phi) is 40.6. The lowest BCUT2D eigenvalue weighted by atomic mass is 10.0. The quantitative estimate of drug-likeness (QED) is 0.0374. The van der Waals surface area contributed by atoms with Gasteiger partial charge in [0.05, 0.1) is 18.8 Å². The molecule has 0 aromatic heterocycles. The molecule has 3 unspecified atom stereocenters. The van der Waals surface area contributed by atoms with E-state index in [2.05, 4.69) is 31.3 Å². The first-order valence-corrected chi connectivity index (χ1v) is 22.7. The van der Waals surface area contributed by atoms with Crippen LogP contribution in [-0.4, -0.2) is 46.1 Å². The number of rotatable bonds is 41. The molecule has 0 saturated heterocycles. The van der Waals surface area contributed by atoms with E-state index in [-0.39, 0.29) is 6.61 Å². The average molecular weight is 720 g/mol. The second kappa shape index (κ2) is 41.6. The molecule has 3 atom stereocenters. The van der Waals surface area contributed by atoms with Crippen LogP contribution in [0.1, 0.15) is 239 Å². The Balaban J connectivity index is 3.64. The molecule has 0 saturated carbocycles. The van der Waals surface area contributed by atoms with Crippen molar-refractivity contribution in [3.8, 4) is 0 Å². The monoisotopic (exact) mass is 720 g/mol. The highest BCUT2D eigenvalue weighted by molar-refractivity contribution is 5.80. The second-order valence-corrected chi connectivity index (χ2v) is 15.6. The Morgan fingerprint density at radius 1 is 0.471 bits per heavy atom. The maximum Gasteiger partial charge on any atom is 0.249 e. The number of unbranched alkanes of at least 4 members (excludes halogenated alkanes) is 31. The number of hydrogen-bond donors (Lipinski definition) is 4. The minimum Gasteiger partial charge on any atom is -0.394 e. The SMILES string of the molecule is CCCCCCCCCCC/C=C/CC/C=C/C(O)C(CO)NC(=O)C(O)CCCCCCCCCCCCCCCCCCCCCCCC. The lowest BCUT2D eigenvalue weighted by Gasteiger charge is -2.21. The van der Waals surface area contributed by atoms with Crippen molar-refractivity contribution in [2.45, 2.75) is 257 Å². The Morgan fingerprint density at radius 2 is 0.804 bits per heavy atom. The zero-order valence-corrected chi connectivity index (χ0v) is 34.2. The molecule has 0 aliphatic rings. The van der Waals surface area contributed by atoms with Gasteiger partial charge in [-0.3, -0.25) is 4.79 Å². The van der Waals surface area contributed by atoms with Crippen molar-refractivity contribution in [2.75, 3.05) is 6.61 Å². The number of aliphatic hydroxyl groups is 3. The van der Waals surface area contributed by atoms with Gasteiger partial charge in [0, 0.05) is 0 Å². The maximum absolute atomic E-state index is 12.5. The molecule has 302 valence electrons. The van der Waals surface area contributed by atoms with Crippen molar-refractivity contribution in [1.82, 2.24) is 5.32 Å². The molecule has 0 fully saturated rings. The van der Waals surface area contributed by atoms with Gasteiger partial charge in [-0.25, -0.2) is 0 Å². The first kappa shape index (κ1) is 49.8. The molecule has 0 aromatic rings. The number of carbonyl (C=O) groups excluding carboxylic acids is 1. The lowest BCUT2D eigenvalue weighted by molar-refractivity contribution is -0.131. The van der Waals surface area contributed by atoms with Crippen LogP contribution < -0.4 is 5.32 Å². The number of aliphatic hydroxyl groups excluding tert-OH is 3. The molecule has 0 spiro atoms. The Labute approximate surface area is 318 Å². The standard InChI is InChI=1S/C46H89NO4/c1-3-5-7-9-11-13-15-17-19-20-21-22-23-24-25-27-29-31-33-35-37-39-41-45(50)46(51)47-43(42-48)44(49)40-38-36-34-32-30-28-26-18-16-14-12-10-8-6-4-2/h30,32,38,40,43-45,48-50H,3-29,31,33-37,39,41-42H2,1-2H3,(H,47,51)/b32-30+,40-38+. The van der Waals surface area contributed by atoms with E-state index in [1.165, 1.54) is 180 Å². The van der Waals surface area contributed by atoms with Gasteiger partial charge in [-0.05, 0) is 32.1 Å². The summed E-state index contributed by atoms with van der Waals surface area (Å²) in [6.45, 7) is 4.18. The predicted molar refractivity (Wildman–Crippen MR) is 222 cm³/mol.